The first-order valence-corrected chi connectivity index (χ1v) is 12.3. The normalized spacial score (nSPS) is 10.5. The van der Waals surface area contributed by atoms with Gasteiger partial charge in [0.15, 0.2) is 0 Å². The second-order valence-electron chi connectivity index (χ2n) is 7.80. The Morgan fingerprint density at radius 2 is 0.865 bits per heavy atom. The molecule has 0 saturated heterocycles. The Kier molecular flexibility index (Phi) is 9.19. The first kappa shape index (κ1) is 26.3. The molecule has 0 unspecified atom stereocenters. The molecule has 0 spiro atoms. The van der Waals surface area contributed by atoms with Crippen LogP contribution in [0.5, 0.6) is 34.5 Å². The van der Waals surface area contributed by atoms with Crippen LogP contribution in [-0.2, 0) is 0 Å². The van der Waals surface area contributed by atoms with Crippen molar-refractivity contribution in [3.05, 3.63) is 139 Å². The number of hydrogen-bond acceptors (Lipinski definition) is 4. The number of rotatable bonds is 9. The van der Waals surface area contributed by atoms with Crippen LogP contribution in [0.3, 0.4) is 0 Å². The molecule has 6 heteroatoms. The zero-order valence-corrected chi connectivity index (χ0v) is 21.2. The second kappa shape index (κ2) is 12.9. The van der Waals surface area contributed by atoms with Gasteiger partial charge in [-0.05, 0) is 42.0 Å². The van der Waals surface area contributed by atoms with E-state index in [-0.39, 0.29) is 24.4 Å². The number of ether oxygens (including phenoxy) is 3. The minimum Gasteiger partial charge on any atom is -0.459 e. The van der Waals surface area contributed by atoms with E-state index in [0.717, 1.165) is 0 Å². The van der Waals surface area contributed by atoms with Crippen LogP contribution in [0, 0.1) is 0 Å². The summed E-state index contributed by atoms with van der Waals surface area (Å²) in [7, 11) is 0.418. The summed E-state index contributed by atoms with van der Waals surface area (Å²) in [4.78, 5) is 13.2. The molecule has 5 aromatic carbocycles. The van der Waals surface area contributed by atoms with Gasteiger partial charge in [-0.3, -0.25) is 0 Å². The molecule has 0 heterocycles. The quantitative estimate of drug-likeness (QED) is 0.200. The van der Waals surface area contributed by atoms with Crippen molar-refractivity contribution in [3.63, 3.8) is 0 Å². The molecule has 0 aliphatic heterocycles. The molecule has 0 aliphatic rings. The summed E-state index contributed by atoms with van der Waals surface area (Å²) >= 11 is 0. The average Bonchev–Trinajstić information content (AvgIpc) is 2.93. The Morgan fingerprint density at radius 3 is 1.30 bits per heavy atom. The zero-order chi connectivity index (χ0) is 24.6. The van der Waals surface area contributed by atoms with Gasteiger partial charge in [0.25, 0.3) is 0 Å². The van der Waals surface area contributed by atoms with E-state index in [1.165, 1.54) is 0 Å². The summed E-state index contributed by atoms with van der Waals surface area (Å²) in [6.07, 6.45) is 0. The molecule has 0 aromatic heterocycles. The molecule has 0 amide bonds. The Morgan fingerprint density at radius 1 is 0.486 bits per heavy atom. The summed E-state index contributed by atoms with van der Waals surface area (Å²) in [6, 6.07) is 41.1. The Labute approximate surface area is 230 Å². The monoisotopic (exact) mass is 496 g/mol. The Hall–Kier alpha value is -3.80. The van der Waals surface area contributed by atoms with Crippen LogP contribution >= 0.6 is 8.58 Å². The zero-order valence-electron chi connectivity index (χ0n) is 20.3. The molecule has 5 aromatic rings. The molecular weight excluding hydrogens is 474 g/mol. The first-order chi connectivity index (χ1) is 17.7. The van der Waals surface area contributed by atoms with Crippen LogP contribution in [0.4, 0.5) is 0 Å². The largest absolute Gasteiger partial charge is 1.00 e. The third kappa shape index (κ3) is 7.12. The van der Waals surface area contributed by atoms with Gasteiger partial charge < -0.3 is 27.6 Å². The standard InChI is InChI=1S/C31H22O4P.Li/c32-31(23-13-5-1-6-14-23)36-30-28(34-25-17-9-3-10-18-25)21-27(33-24-15-7-2-8-16-24)22-29(30)35-26-19-11-4-12-20-26;/h1-22H;/q-1;+1. The van der Waals surface area contributed by atoms with Crippen LogP contribution in [0.1, 0.15) is 10.4 Å². The van der Waals surface area contributed by atoms with Gasteiger partial charge in [-0.25, -0.2) is 0 Å². The van der Waals surface area contributed by atoms with Gasteiger partial charge in [-0.15, -0.1) is 5.30 Å². The number of carbonyl (C=O) groups excluding carboxylic acids is 1. The fourth-order valence-electron chi connectivity index (χ4n) is 3.49. The predicted molar refractivity (Wildman–Crippen MR) is 143 cm³/mol. The molecular formula is C31H22LiO4P. The van der Waals surface area contributed by atoms with Crippen LogP contribution in [-0.4, -0.2) is 5.52 Å². The van der Waals surface area contributed by atoms with Gasteiger partial charge in [0.05, 0.1) is 0 Å². The second-order valence-corrected chi connectivity index (χ2v) is 8.87. The molecule has 0 aliphatic carbocycles. The molecule has 0 fully saturated rings. The summed E-state index contributed by atoms with van der Waals surface area (Å²) in [5.74, 6) is 3.45. The number of carbonyl (C=O) groups is 1. The first-order valence-electron chi connectivity index (χ1n) is 11.4. The van der Waals surface area contributed by atoms with Crippen LogP contribution in [0.15, 0.2) is 133 Å². The van der Waals surface area contributed by atoms with Crippen molar-refractivity contribution in [1.29, 1.82) is 0 Å². The smallest absolute Gasteiger partial charge is 0.459 e. The van der Waals surface area contributed by atoms with Gasteiger partial charge in [-0.1, -0.05) is 84.9 Å². The van der Waals surface area contributed by atoms with Crippen LogP contribution in [0.2, 0.25) is 0 Å². The van der Waals surface area contributed by atoms with Crippen molar-refractivity contribution in [2.24, 2.45) is 0 Å². The third-order valence-electron chi connectivity index (χ3n) is 5.17. The van der Waals surface area contributed by atoms with Crippen LogP contribution < -0.4 is 38.4 Å². The van der Waals surface area contributed by atoms with E-state index >= 15 is 0 Å². The molecule has 176 valence electrons. The van der Waals surface area contributed by atoms with Crippen LogP contribution in [0.25, 0.3) is 0 Å². The van der Waals surface area contributed by atoms with Gasteiger partial charge in [0, 0.05) is 17.7 Å². The summed E-state index contributed by atoms with van der Waals surface area (Å²) in [5, 5.41) is 0.608. The topological polar surface area (TPSA) is 44.8 Å². The Bertz CT molecular complexity index is 1370. The van der Waals surface area contributed by atoms with Gasteiger partial charge in [0.1, 0.15) is 34.5 Å². The van der Waals surface area contributed by atoms with Gasteiger partial charge >= 0.3 is 18.9 Å². The van der Waals surface area contributed by atoms with E-state index < -0.39 is 0 Å². The van der Waals surface area contributed by atoms with E-state index in [1.54, 1.807) is 24.3 Å². The molecule has 0 atom stereocenters. The number of hydrogen-bond donors (Lipinski definition) is 0. The predicted octanol–water partition coefficient (Wildman–Crippen LogP) is 5.48. The third-order valence-corrected chi connectivity index (χ3v) is 6.29. The van der Waals surface area contributed by atoms with E-state index in [2.05, 4.69) is 0 Å². The fourth-order valence-corrected chi connectivity index (χ4v) is 4.41. The molecule has 0 N–H and O–H groups in total. The number of benzene rings is 5. The van der Waals surface area contributed by atoms with Crippen molar-refractivity contribution in [2.45, 2.75) is 0 Å². The average molecular weight is 496 g/mol. The van der Waals surface area contributed by atoms with E-state index in [0.29, 0.717) is 53.9 Å². The maximum Gasteiger partial charge on any atom is 1.00 e. The van der Waals surface area contributed by atoms with Crippen molar-refractivity contribution in [2.75, 3.05) is 0 Å². The van der Waals surface area contributed by atoms with Crippen molar-refractivity contribution < 1.29 is 37.9 Å². The molecule has 0 saturated carbocycles. The molecule has 4 nitrogen and oxygen atoms in total. The van der Waals surface area contributed by atoms with Crippen molar-refractivity contribution in [3.8, 4) is 34.5 Å². The molecule has 0 bridgehead atoms. The summed E-state index contributed by atoms with van der Waals surface area (Å²) < 4.78 is 18.7. The molecule has 0 radical (unpaired) electrons. The Balaban J connectivity index is 0.00000320. The minimum absolute atomic E-state index is 0. The summed E-state index contributed by atoms with van der Waals surface area (Å²) in [5.41, 5.74) is 0.545. The minimum atomic E-state index is -0.0665. The van der Waals surface area contributed by atoms with Gasteiger partial charge in [-0.2, -0.15) is 0 Å². The molecule has 5 rings (SSSR count). The van der Waals surface area contributed by atoms with E-state index in [1.807, 2.05) is 109 Å². The van der Waals surface area contributed by atoms with Crippen molar-refractivity contribution in [1.82, 2.24) is 0 Å². The van der Waals surface area contributed by atoms with E-state index in [4.69, 9.17) is 14.2 Å². The molecule has 37 heavy (non-hydrogen) atoms. The SMILES string of the molecule is O=C([P-]c1c(Oc2ccccc2)cc(Oc2ccccc2)cc1Oc1ccccc1)c1ccccc1.[Li+]. The van der Waals surface area contributed by atoms with Gasteiger partial charge in [0.2, 0.25) is 0 Å². The maximum absolute atomic E-state index is 13.2. The van der Waals surface area contributed by atoms with Crippen molar-refractivity contribution >= 4 is 19.4 Å². The fraction of sp³-hybridized carbons (Fsp3) is 0. The maximum atomic E-state index is 13.2. The van der Waals surface area contributed by atoms with E-state index in [9.17, 15) is 4.79 Å². The summed E-state index contributed by atoms with van der Waals surface area (Å²) in [6.45, 7) is 0. The number of para-hydroxylation sites is 3.